The maximum atomic E-state index is 8.00. The average molecular weight is 287 g/mol. The topological polar surface area (TPSA) is 47.7 Å². The summed E-state index contributed by atoms with van der Waals surface area (Å²) in [6.45, 7) is 0. The fraction of sp³-hybridized carbons (Fsp3) is 0. The first-order valence-corrected chi connectivity index (χ1v) is 5.96. The second kappa shape index (κ2) is 5.06. The van der Waals surface area contributed by atoms with E-state index in [1.807, 2.05) is 54.6 Å². The van der Waals surface area contributed by atoms with Crippen molar-refractivity contribution in [1.82, 2.24) is 0 Å². The van der Waals surface area contributed by atoms with E-state index in [2.05, 4.69) is 15.9 Å². The van der Waals surface area contributed by atoms with E-state index in [9.17, 15) is 0 Å². The number of hydrogen-bond acceptors (Lipinski definition) is 2. The van der Waals surface area contributed by atoms with Gasteiger partial charge in [-0.25, -0.2) is 0 Å². The van der Waals surface area contributed by atoms with Gasteiger partial charge in [-0.15, -0.1) is 0 Å². The smallest absolute Gasteiger partial charge is 0.0867 e. The number of halogens is 1. The van der Waals surface area contributed by atoms with Crippen LogP contribution in [0.1, 0.15) is 11.1 Å². The summed E-state index contributed by atoms with van der Waals surface area (Å²) in [5, 5.41) is 16.0. The molecule has 2 rings (SSSR count). The molecule has 0 aliphatic carbocycles. The monoisotopic (exact) mass is 286 g/mol. The quantitative estimate of drug-likeness (QED) is 0.805. The molecule has 0 aliphatic heterocycles. The van der Waals surface area contributed by atoms with Crippen LogP contribution in [0.3, 0.4) is 0 Å². The van der Waals surface area contributed by atoms with Crippen LogP contribution >= 0.6 is 15.9 Å². The Morgan fingerprint density at radius 3 is 1.71 bits per heavy atom. The molecule has 0 saturated carbocycles. The minimum atomic E-state index is 0.240. The summed E-state index contributed by atoms with van der Waals surface area (Å²) in [5.41, 5.74) is 2.00. The molecule has 0 radical (unpaired) electrons. The van der Waals surface area contributed by atoms with Crippen molar-refractivity contribution in [1.29, 1.82) is 10.8 Å². The van der Waals surface area contributed by atoms with E-state index in [4.69, 9.17) is 10.8 Å². The third kappa shape index (κ3) is 2.68. The molecule has 0 amide bonds. The lowest BCUT2D eigenvalue weighted by Crippen LogP contribution is -2.14. The van der Waals surface area contributed by atoms with E-state index in [-0.39, 0.29) is 11.4 Å². The minimum Gasteiger partial charge on any atom is -0.298 e. The van der Waals surface area contributed by atoms with Crippen molar-refractivity contribution in [2.45, 2.75) is 0 Å². The third-order valence-corrected chi connectivity index (χ3v) is 2.97. The van der Waals surface area contributed by atoms with Gasteiger partial charge in [0, 0.05) is 15.6 Å². The second-order valence-corrected chi connectivity index (χ2v) is 4.54. The van der Waals surface area contributed by atoms with Gasteiger partial charge in [0.25, 0.3) is 0 Å². The van der Waals surface area contributed by atoms with Crippen LogP contribution in [-0.2, 0) is 0 Å². The Labute approximate surface area is 108 Å². The van der Waals surface area contributed by atoms with Gasteiger partial charge < -0.3 is 0 Å². The van der Waals surface area contributed by atoms with E-state index >= 15 is 0 Å². The Morgan fingerprint density at radius 1 is 0.706 bits per heavy atom. The molecule has 0 heterocycles. The lowest BCUT2D eigenvalue weighted by molar-refractivity contribution is 1.45. The number of benzene rings is 2. The molecule has 0 spiro atoms. The molecular weight excluding hydrogens is 276 g/mol. The van der Waals surface area contributed by atoms with E-state index in [0.29, 0.717) is 0 Å². The number of nitrogens with one attached hydrogen (secondary N) is 2. The molecule has 2 nitrogen and oxygen atoms in total. The van der Waals surface area contributed by atoms with Gasteiger partial charge in [0.2, 0.25) is 0 Å². The zero-order valence-corrected chi connectivity index (χ0v) is 10.7. The fourth-order valence-corrected chi connectivity index (χ4v) is 1.77. The van der Waals surface area contributed by atoms with Crippen LogP contribution < -0.4 is 0 Å². The Hall–Kier alpha value is -1.74. The molecule has 0 atom stereocenters. The molecule has 0 fully saturated rings. The molecule has 0 aromatic heterocycles. The molecule has 2 N–H and O–H groups in total. The van der Waals surface area contributed by atoms with E-state index < -0.39 is 0 Å². The predicted octanol–water partition coefficient (Wildman–Crippen LogP) is 3.89. The normalized spacial score (nSPS) is 9.94. The Balaban J connectivity index is 2.27. The number of rotatable bonds is 3. The maximum Gasteiger partial charge on any atom is 0.0867 e. The first-order valence-electron chi connectivity index (χ1n) is 5.17. The van der Waals surface area contributed by atoms with Gasteiger partial charge in [-0.2, -0.15) is 0 Å². The average Bonchev–Trinajstić information content (AvgIpc) is 2.39. The summed E-state index contributed by atoms with van der Waals surface area (Å²) in [5.74, 6) is 0. The first kappa shape index (κ1) is 11.7. The highest BCUT2D eigenvalue weighted by Gasteiger charge is 2.09. The molecule has 2 aromatic carbocycles. The van der Waals surface area contributed by atoms with Crippen LogP contribution in [-0.4, -0.2) is 11.4 Å². The highest BCUT2D eigenvalue weighted by Crippen LogP contribution is 2.13. The van der Waals surface area contributed by atoms with Crippen molar-refractivity contribution in [2.75, 3.05) is 0 Å². The largest absolute Gasteiger partial charge is 0.298 e. The zero-order chi connectivity index (χ0) is 12.3. The van der Waals surface area contributed by atoms with Gasteiger partial charge in [-0.05, 0) is 12.1 Å². The van der Waals surface area contributed by atoms with Crippen LogP contribution in [0.25, 0.3) is 0 Å². The van der Waals surface area contributed by atoms with Gasteiger partial charge >= 0.3 is 0 Å². The van der Waals surface area contributed by atoms with Crippen LogP contribution in [0.4, 0.5) is 0 Å². The summed E-state index contributed by atoms with van der Waals surface area (Å²) < 4.78 is 0.972. The van der Waals surface area contributed by atoms with Crippen LogP contribution in [0, 0.1) is 10.8 Å². The zero-order valence-electron chi connectivity index (χ0n) is 9.07. The van der Waals surface area contributed by atoms with Gasteiger partial charge in [0.15, 0.2) is 0 Å². The van der Waals surface area contributed by atoms with Crippen molar-refractivity contribution in [3.05, 3.63) is 70.2 Å². The molecule has 0 unspecified atom stereocenters. The lowest BCUT2D eigenvalue weighted by Gasteiger charge is -2.06. The van der Waals surface area contributed by atoms with Crippen molar-refractivity contribution < 1.29 is 0 Å². The molecule has 84 valence electrons. The minimum absolute atomic E-state index is 0.240. The second-order valence-electron chi connectivity index (χ2n) is 3.62. The van der Waals surface area contributed by atoms with Crippen LogP contribution in [0.15, 0.2) is 59.1 Å². The molecule has 0 aliphatic rings. The summed E-state index contributed by atoms with van der Waals surface area (Å²) in [4.78, 5) is 0. The lowest BCUT2D eigenvalue weighted by atomic mass is 10.0. The van der Waals surface area contributed by atoms with Crippen molar-refractivity contribution >= 4 is 27.4 Å². The highest BCUT2D eigenvalue weighted by atomic mass is 79.9. The van der Waals surface area contributed by atoms with Gasteiger partial charge in [0.1, 0.15) is 0 Å². The Bertz CT molecular complexity index is 544. The predicted molar refractivity (Wildman–Crippen MR) is 74.2 cm³/mol. The fourth-order valence-electron chi connectivity index (χ4n) is 1.51. The number of hydrogen-bond donors (Lipinski definition) is 2. The van der Waals surface area contributed by atoms with Crippen LogP contribution in [0.2, 0.25) is 0 Å². The molecule has 17 heavy (non-hydrogen) atoms. The molecule has 0 bridgehead atoms. The van der Waals surface area contributed by atoms with E-state index in [0.717, 1.165) is 15.6 Å². The van der Waals surface area contributed by atoms with Gasteiger partial charge in [0.05, 0.1) is 11.4 Å². The summed E-state index contributed by atoms with van der Waals surface area (Å²) in [6.07, 6.45) is 0. The summed E-state index contributed by atoms with van der Waals surface area (Å²) in [6, 6.07) is 16.8. The summed E-state index contributed by atoms with van der Waals surface area (Å²) in [7, 11) is 0. The Kier molecular flexibility index (Phi) is 3.49. The van der Waals surface area contributed by atoms with Gasteiger partial charge in [-0.3, -0.25) is 10.8 Å². The van der Waals surface area contributed by atoms with Crippen molar-refractivity contribution in [3.8, 4) is 0 Å². The first-order chi connectivity index (χ1) is 8.18. The standard InChI is InChI=1S/C14H11BrN2/c15-12-8-6-11(7-9-12)14(17)13(16)10-4-2-1-3-5-10/h1-9,16-17H. The van der Waals surface area contributed by atoms with Crippen LogP contribution in [0.5, 0.6) is 0 Å². The van der Waals surface area contributed by atoms with E-state index in [1.54, 1.807) is 0 Å². The molecule has 2 aromatic rings. The molecule has 0 saturated heterocycles. The maximum absolute atomic E-state index is 8.00. The molecular formula is C14H11BrN2. The van der Waals surface area contributed by atoms with Crippen molar-refractivity contribution in [3.63, 3.8) is 0 Å². The summed E-state index contributed by atoms with van der Waals surface area (Å²) >= 11 is 3.35. The Morgan fingerprint density at radius 2 is 1.18 bits per heavy atom. The molecule has 3 heteroatoms. The van der Waals surface area contributed by atoms with Crippen molar-refractivity contribution in [2.24, 2.45) is 0 Å². The SMILES string of the molecule is N=C(C(=N)c1ccc(Br)cc1)c1ccccc1. The third-order valence-electron chi connectivity index (χ3n) is 2.45. The highest BCUT2D eigenvalue weighted by molar-refractivity contribution is 9.10. The van der Waals surface area contributed by atoms with Gasteiger partial charge in [-0.1, -0.05) is 58.4 Å². The van der Waals surface area contributed by atoms with E-state index in [1.165, 1.54) is 0 Å².